The lowest BCUT2D eigenvalue weighted by Gasteiger charge is -2.58. The first-order chi connectivity index (χ1) is 34.6. The van der Waals surface area contributed by atoms with E-state index in [1.807, 2.05) is 6.92 Å². The van der Waals surface area contributed by atoms with Gasteiger partial charge in [0.05, 0.1) is 44.7 Å². The molecule has 8 fully saturated rings. The maximum Gasteiger partial charge on any atom is 0.187 e. The van der Waals surface area contributed by atoms with Crippen LogP contribution >= 0.6 is 0 Å². The average Bonchev–Trinajstić information content (AvgIpc) is 3.95. The molecule has 5 saturated heterocycles. The van der Waals surface area contributed by atoms with Gasteiger partial charge in [0.25, 0.3) is 0 Å². The molecule has 73 heavy (non-hydrogen) atoms. The van der Waals surface area contributed by atoms with E-state index in [-0.39, 0.29) is 41.3 Å². The summed E-state index contributed by atoms with van der Waals surface area (Å²) in [6.45, 7) is 8.97. The number of fused-ring (bicyclic) bond motifs is 7. The van der Waals surface area contributed by atoms with E-state index >= 15 is 0 Å². The second-order valence-electron chi connectivity index (χ2n) is 23.5. The Morgan fingerprint density at radius 1 is 0.658 bits per heavy atom. The van der Waals surface area contributed by atoms with E-state index in [0.29, 0.717) is 43.4 Å². The Morgan fingerprint density at radius 2 is 1.25 bits per heavy atom. The van der Waals surface area contributed by atoms with Crippen LogP contribution in [-0.2, 0) is 47.4 Å². The van der Waals surface area contributed by atoms with Gasteiger partial charge in [0.2, 0.25) is 0 Å². The van der Waals surface area contributed by atoms with Crippen molar-refractivity contribution in [1.29, 1.82) is 0 Å². The van der Waals surface area contributed by atoms with E-state index in [1.54, 1.807) is 7.11 Å². The molecule has 9 aliphatic rings. The van der Waals surface area contributed by atoms with Crippen LogP contribution in [-0.4, -0.2) is 230 Å². The van der Waals surface area contributed by atoms with Crippen molar-refractivity contribution >= 4 is 0 Å². The third-order valence-electron chi connectivity index (χ3n) is 19.5. The molecule has 0 aromatic carbocycles. The van der Waals surface area contributed by atoms with Crippen molar-refractivity contribution in [2.45, 2.75) is 227 Å². The van der Waals surface area contributed by atoms with Crippen LogP contribution in [0.15, 0.2) is 11.6 Å². The minimum absolute atomic E-state index is 0.00783. The largest absolute Gasteiger partial charge is 0.394 e. The van der Waals surface area contributed by atoms with Gasteiger partial charge in [-0.15, -0.1) is 0 Å². The zero-order valence-corrected chi connectivity index (χ0v) is 42.8. The molecule has 4 aliphatic carbocycles. The molecule has 420 valence electrons. The van der Waals surface area contributed by atoms with E-state index in [2.05, 4.69) is 26.8 Å². The van der Waals surface area contributed by atoms with Crippen LogP contribution in [0.1, 0.15) is 92.4 Å². The van der Waals surface area contributed by atoms with Crippen molar-refractivity contribution in [3.05, 3.63) is 11.6 Å². The molecule has 30 unspecified atom stereocenters. The minimum Gasteiger partial charge on any atom is -0.394 e. The van der Waals surface area contributed by atoms with Crippen molar-refractivity contribution < 1.29 is 109 Å². The average molecular weight is 1050 g/mol. The van der Waals surface area contributed by atoms with E-state index in [1.165, 1.54) is 12.5 Å². The van der Waals surface area contributed by atoms with E-state index in [9.17, 15) is 61.3 Å². The van der Waals surface area contributed by atoms with Gasteiger partial charge in [-0.25, -0.2) is 0 Å². The molecule has 0 radical (unpaired) electrons. The van der Waals surface area contributed by atoms with Crippen molar-refractivity contribution in [1.82, 2.24) is 0 Å². The maximum absolute atomic E-state index is 12.0. The third-order valence-corrected chi connectivity index (χ3v) is 19.5. The molecule has 30 atom stereocenters. The van der Waals surface area contributed by atoms with Gasteiger partial charge in [0, 0.05) is 19.4 Å². The topological polar surface area (TPSA) is 335 Å². The summed E-state index contributed by atoms with van der Waals surface area (Å²) in [4.78, 5) is 0. The molecule has 5 aliphatic heterocycles. The summed E-state index contributed by atoms with van der Waals surface area (Å²) < 4.78 is 61.1. The Labute approximate surface area is 426 Å². The Bertz CT molecular complexity index is 1880. The zero-order valence-electron chi connectivity index (χ0n) is 42.8. The summed E-state index contributed by atoms with van der Waals surface area (Å²) in [6.07, 6.45) is -17.9. The number of aliphatic hydroxyl groups excluding tert-OH is 12. The van der Waals surface area contributed by atoms with Gasteiger partial charge in [-0.05, 0) is 98.7 Å². The first-order valence-electron chi connectivity index (χ1n) is 26.7. The highest BCUT2D eigenvalue weighted by atomic mass is 16.8. The van der Waals surface area contributed by atoms with Gasteiger partial charge < -0.3 is 109 Å². The number of ether oxygens (including phenoxy) is 10. The first kappa shape index (κ1) is 56.6. The summed E-state index contributed by atoms with van der Waals surface area (Å²) in [7, 11) is 1.72. The Hall–Kier alpha value is -1.14. The highest BCUT2D eigenvalue weighted by Crippen LogP contribution is 2.70. The minimum atomic E-state index is -1.76. The molecular formula is C51H84O22. The van der Waals surface area contributed by atoms with Gasteiger partial charge in [-0.1, -0.05) is 39.3 Å². The van der Waals surface area contributed by atoms with Gasteiger partial charge in [0.1, 0.15) is 85.5 Å². The molecule has 9 rings (SSSR count). The fraction of sp³-hybridized carbons (Fsp3) is 0.961. The molecule has 0 aromatic rings. The molecule has 0 bridgehead atoms. The monoisotopic (exact) mass is 1050 g/mol. The van der Waals surface area contributed by atoms with Crippen LogP contribution in [0.4, 0.5) is 0 Å². The van der Waals surface area contributed by atoms with Crippen molar-refractivity contribution in [3.63, 3.8) is 0 Å². The molecule has 12 N–H and O–H groups in total. The molecule has 3 saturated carbocycles. The number of aliphatic hydroxyl groups is 12. The van der Waals surface area contributed by atoms with E-state index in [4.69, 9.17) is 47.4 Å². The molecule has 0 aromatic heterocycles. The first-order valence-corrected chi connectivity index (χ1v) is 26.7. The lowest BCUT2D eigenvalue weighted by molar-refractivity contribution is -0.376. The number of rotatable bonds is 16. The predicted octanol–water partition coefficient (Wildman–Crippen LogP) is -1.71. The summed E-state index contributed by atoms with van der Waals surface area (Å²) in [5, 5.41) is 126. The SMILES string of the molecule is COC1(CCC(C)COC2OC(CO)C(O)C(O)C2O)OC2CC3C4CC=C5CC(OC6OC(CO)C(OC7OC(CO)C(O)C7O)C(OC7OC(C)C(O)C(O)C7O)C6O)CCC5(C)C4CCC3(C)C2C1C. The molecular weight excluding hydrogens is 965 g/mol. The van der Waals surface area contributed by atoms with Crippen molar-refractivity contribution in [2.24, 2.45) is 46.3 Å². The van der Waals surface area contributed by atoms with Gasteiger partial charge in [0.15, 0.2) is 30.9 Å². The number of hydrogen-bond donors (Lipinski definition) is 12. The summed E-state index contributed by atoms with van der Waals surface area (Å²) in [5.41, 5.74) is 1.22. The molecule has 0 amide bonds. The smallest absolute Gasteiger partial charge is 0.187 e. The van der Waals surface area contributed by atoms with E-state index in [0.717, 1.165) is 32.1 Å². The van der Waals surface area contributed by atoms with Crippen LogP contribution in [0, 0.1) is 46.3 Å². The van der Waals surface area contributed by atoms with Gasteiger partial charge >= 0.3 is 0 Å². The van der Waals surface area contributed by atoms with Gasteiger partial charge in [-0.3, -0.25) is 0 Å². The van der Waals surface area contributed by atoms with Crippen LogP contribution < -0.4 is 0 Å². The molecule has 5 heterocycles. The van der Waals surface area contributed by atoms with Gasteiger partial charge in [-0.2, -0.15) is 0 Å². The molecule has 22 nitrogen and oxygen atoms in total. The highest BCUT2D eigenvalue weighted by Gasteiger charge is 2.68. The summed E-state index contributed by atoms with van der Waals surface area (Å²) in [6, 6.07) is 0. The lowest BCUT2D eigenvalue weighted by Crippen LogP contribution is -2.65. The second-order valence-corrected chi connectivity index (χ2v) is 23.5. The Kier molecular flexibility index (Phi) is 17.2. The quantitative estimate of drug-likeness (QED) is 0.0766. The zero-order chi connectivity index (χ0) is 52.6. The standard InChI is InChI=1S/C51H84O22/c1-21(20-65-45-40(61)38(59)35(56)30(17-52)68-45)9-14-51(64-6)22(2)33-29(73-51)16-28-26-8-7-24-15-25(10-12-49(24,4)27(26)11-13-50(28,33)5)67-48-42(63)44(72-46-41(62)37(58)34(55)23(3)66-46)43(32(19-54)70-48)71-47-39(60)36(57)31(18-53)69-47/h7,21-23,25-48,52-63H,8-20H2,1-6H3. The maximum atomic E-state index is 12.0. The summed E-state index contributed by atoms with van der Waals surface area (Å²) >= 11 is 0. The van der Waals surface area contributed by atoms with Crippen molar-refractivity contribution in [3.8, 4) is 0 Å². The summed E-state index contributed by atoms with van der Waals surface area (Å²) in [5.74, 6) is 0.933. The normalized spacial score (nSPS) is 54.3. The van der Waals surface area contributed by atoms with Crippen LogP contribution in [0.3, 0.4) is 0 Å². The van der Waals surface area contributed by atoms with Crippen LogP contribution in [0.5, 0.6) is 0 Å². The second kappa shape index (κ2) is 22.2. The number of allylic oxidation sites excluding steroid dienone is 1. The third kappa shape index (κ3) is 10.0. The predicted molar refractivity (Wildman–Crippen MR) is 249 cm³/mol. The van der Waals surface area contributed by atoms with Crippen LogP contribution in [0.2, 0.25) is 0 Å². The van der Waals surface area contributed by atoms with Crippen molar-refractivity contribution in [2.75, 3.05) is 33.5 Å². The van der Waals surface area contributed by atoms with E-state index < -0.39 is 148 Å². The lowest BCUT2D eigenvalue weighted by atomic mass is 9.47. The molecule has 22 heteroatoms. The Balaban J connectivity index is 0.841. The fourth-order valence-corrected chi connectivity index (χ4v) is 15.1. The number of methoxy groups -OCH3 is 1. The Morgan fingerprint density at radius 3 is 1.93 bits per heavy atom. The number of hydrogen-bond acceptors (Lipinski definition) is 22. The van der Waals surface area contributed by atoms with Crippen LogP contribution in [0.25, 0.3) is 0 Å². The molecule has 0 spiro atoms. The fourth-order valence-electron chi connectivity index (χ4n) is 15.1. The highest BCUT2D eigenvalue weighted by molar-refractivity contribution is 5.26.